The second-order valence-electron chi connectivity index (χ2n) is 7.51. The summed E-state index contributed by atoms with van der Waals surface area (Å²) in [5, 5.41) is 2.83. The van der Waals surface area contributed by atoms with Gasteiger partial charge in [-0.15, -0.1) is 0 Å². The molecule has 1 fully saturated rings. The van der Waals surface area contributed by atoms with E-state index in [2.05, 4.69) is 17.3 Å². The van der Waals surface area contributed by atoms with Gasteiger partial charge in [0.2, 0.25) is 0 Å². The number of methoxy groups -OCH3 is 1. The fraction of sp³-hybridized carbons (Fsp3) is 0.391. The lowest BCUT2D eigenvalue weighted by Crippen LogP contribution is -2.47. The molecule has 1 aliphatic heterocycles. The van der Waals surface area contributed by atoms with E-state index in [-0.39, 0.29) is 18.4 Å². The maximum Gasteiger partial charge on any atom is 0.258 e. The first-order valence-electron chi connectivity index (χ1n) is 10.1. The van der Waals surface area contributed by atoms with Gasteiger partial charge in [0.1, 0.15) is 0 Å². The van der Waals surface area contributed by atoms with Crippen molar-refractivity contribution < 1.29 is 19.1 Å². The maximum absolute atomic E-state index is 12.6. The number of carbonyl (C=O) groups is 2. The van der Waals surface area contributed by atoms with Crippen molar-refractivity contribution in [2.75, 3.05) is 46.9 Å². The van der Waals surface area contributed by atoms with E-state index in [9.17, 15) is 9.59 Å². The van der Waals surface area contributed by atoms with E-state index in [1.807, 2.05) is 48.2 Å². The molecule has 2 amide bonds. The Morgan fingerprint density at radius 1 is 1.00 bits per heavy atom. The van der Waals surface area contributed by atoms with Gasteiger partial charge in [0.15, 0.2) is 18.1 Å². The van der Waals surface area contributed by atoms with E-state index in [0.29, 0.717) is 23.6 Å². The molecule has 0 aromatic heterocycles. The van der Waals surface area contributed by atoms with Crippen molar-refractivity contribution in [1.29, 1.82) is 0 Å². The third-order valence-corrected chi connectivity index (χ3v) is 5.16. The largest absolute Gasteiger partial charge is 0.493 e. The van der Waals surface area contributed by atoms with Crippen LogP contribution in [-0.2, 0) is 11.3 Å². The van der Waals surface area contributed by atoms with Crippen LogP contribution in [0.2, 0.25) is 0 Å². The van der Waals surface area contributed by atoms with E-state index >= 15 is 0 Å². The SMILES string of the molecule is COc1cc(C)ccc1OCC(=O)NCc1ccc(C(=O)N2CCN(C)CC2)cc1. The fourth-order valence-electron chi connectivity index (χ4n) is 3.25. The maximum atomic E-state index is 12.6. The number of ether oxygens (including phenoxy) is 2. The molecule has 3 rings (SSSR count). The second kappa shape index (κ2) is 10.1. The van der Waals surface area contributed by atoms with Gasteiger partial charge in [-0.3, -0.25) is 9.59 Å². The number of amides is 2. The van der Waals surface area contributed by atoms with Gasteiger partial charge >= 0.3 is 0 Å². The molecule has 7 nitrogen and oxygen atoms in total. The van der Waals surface area contributed by atoms with Gasteiger partial charge in [-0.05, 0) is 49.4 Å². The van der Waals surface area contributed by atoms with Gasteiger partial charge in [-0.2, -0.15) is 0 Å². The van der Waals surface area contributed by atoms with Crippen molar-refractivity contribution in [2.24, 2.45) is 0 Å². The molecule has 0 spiro atoms. The number of nitrogens with zero attached hydrogens (tertiary/aromatic N) is 2. The third kappa shape index (κ3) is 5.73. The Labute approximate surface area is 177 Å². The predicted molar refractivity (Wildman–Crippen MR) is 115 cm³/mol. The number of rotatable bonds is 7. The monoisotopic (exact) mass is 411 g/mol. The number of hydrogen-bond acceptors (Lipinski definition) is 5. The molecule has 1 saturated heterocycles. The Bertz CT molecular complexity index is 875. The van der Waals surface area contributed by atoms with E-state index in [0.717, 1.165) is 37.3 Å². The summed E-state index contributed by atoms with van der Waals surface area (Å²) in [6.07, 6.45) is 0. The Morgan fingerprint density at radius 2 is 1.70 bits per heavy atom. The van der Waals surface area contributed by atoms with Crippen LogP contribution < -0.4 is 14.8 Å². The molecule has 0 atom stereocenters. The molecule has 0 aliphatic carbocycles. The summed E-state index contributed by atoms with van der Waals surface area (Å²) in [7, 11) is 3.63. The first kappa shape index (κ1) is 21.6. The summed E-state index contributed by atoms with van der Waals surface area (Å²) in [5.74, 6) is 0.961. The second-order valence-corrected chi connectivity index (χ2v) is 7.51. The molecule has 30 heavy (non-hydrogen) atoms. The Kier molecular flexibility index (Phi) is 7.30. The average molecular weight is 412 g/mol. The average Bonchev–Trinajstić information content (AvgIpc) is 2.77. The summed E-state index contributed by atoms with van der Waals surface area (Å²) in [6, 6.07) is 12.9. The van der Waals surface area contributed by atoms with Crippen molar-refractivity contribution in [1.82, 2.24) is 15.1 Å². The molecule has 0 bridgehead atoms. The molecule has 2 aromatic carbocycles. The number of hydrogen-bond donors (Lipinski definition) is 1. The highest BCUT2D eigenvalue weighted by Crippen LogP contribution is 2.27. The number of benzene rings is 2. The van der Waals surface area contributed by atoms with Gasteiger partial charge in [0.25, 0.3) is 11.8 Å². The minimum Gasteiger partial charge on any atom is -0.493 e. The van der Waals surface area contributed by atoms with Gasteiger partial charge in [-0.1, -0.05) is 18.2 Å². The van der Waals surface area contributed by atoms with Crippen LogP contribution in [0.1, 0.15) is 21.5 Å². The van der Waals surface area contributed by atoms with E-state index in [1.165, 1.54) is 0 Å². The zero-order chi connectivity index (χ0) is 21.5. The van der Waals surface area contributed by atoms with Gasteiger partial charge in [0, 0.05) is 38.3 Å². The lowest BCUT2D eigenvalue weighted by Gasteiger charge is -2.32. The summed E-state index contributed by atoms with van der Waals surface area (Å²) < 4.78 is 10.8. The molecule has 2 aromatic rings. The first-order valence-corrected chi connectivity index (χ1v) is 10.1. The number of aryl methyl sites for hydroxylation is 1. The zero-order valence-electron chi connectivity index (χ0n) is 17.8. The van der Waals surface area contributed by atoms with Crippen molar-refractivity contribution in [3.63, 3.8) is 0 Å². The van der Waals surface area contributed by atoms with Crippen LogP contribution in [0.4, 0.5) is 0 Å². The van der Waals surface area contributed by atoms with E-state index < -0.39 is 0 Å². The molecule has 1 N–H and O–H groups in total. The predicted octanol–water partition coefficient (Wildman–Crippen LogP) is 2.09. The number of nitrogens with one attached hydrogen (secondary N) is 1. The molecule has 1 heterocycles. The van der Waals surface area contributed by atoms with E-state index in [4.69, 9.17) is 9.47 Å². The molecule has 160 valence electrons. The number of likely N-dealkylation sites (N-methyl/N-ethyl adjacent to an activating group) is 1. The van der Waals surface area contributed by atoms with Crippen LogP contribution in [0.15, 0.2) is 42.5 Å². The Balaban J connectivity index is 1.46. The minimum atomic E-state index is -0.227. The van der Waals surface area contributed by atoms with Crippen LogP contribution in [0, 0.1) is 6.92 Å². The van der Waals surface area contributed by atoms with Gasteiger partial charge < -0.3 is 24.6 Å². The lowest BCUT2D eigenvalue weighted by molar-refractivity contribution is -0.123. The van der Waals surface area contributed by atoms with Crippen LogP contribution in [0.3, 0.4) is 0 Å². The van der Waals surface area contributed by atoms with Crippen LogP contribution >= 0.6 is 0 Å². The molecule has 0 unspecified atom stereocenters. The third-order valence-electron chi connectivity index (χ3n) is 5.16. The standard InChI is InChI=1S/C23H29N3O4/c1-17-4-9-20(21(14-17)29-3)30-16-22(27)24-15-18-5-7-19(8-6-18)23(28)26-12-10-25(2)11-13-26/h4-9,14H,10-13,15-16H2,1-3H3,(H,24,27). The minimum absolute atomic E-state index is 0.0548. The summed E-state index contributed by atoms with van der Waals surface area (Å²) in [4.78, 5) is 28.8. The summed E-state index contributed by atoms with van der Waals surface area (Å²) >= 11 is 0. The molecule has 0 saturated carbocycles. The topological polar surface area (TPSA) is 71.1 Å². The smallest absolute Gasteiger partial charge is 0.258 e. The summed E-state index contributed by atoms with van der Waals surface area (Å²) in [5.41, 5.74) is 2.65. The fourth-order valence-corrected chi connectivity index (χ4v) is 3.25. The van der Waals surface area contributed by atoms with Crippen LogP contribution in [-0.4, -0.2) is 68.6 Å². The van der Waals surface area contributed by atoms with Gasteiger partial charge in [0.05, 0.1) is 7.11 Å². The first-order chi connectivity index (χ1) is 14.5. The van der Waals surface area contributed by atoms with Crippen LogP contribution in [0.5, 0.6) is 11.5 Å². The number of carbonyl (C=O) groups excluding carboxylic acids is 2. The highest BCUT2D eigenvalue weighted by atomic mass is 16.5. The highest BCUT2D eigenvalue weighted by Gasteiger charge is 2.20. The zero-order valence-corrected chi connectivity index (χ0v) is 17.8. The van der Waals surface area contributed by atoms with Gasteiger partial charge in [-0.25, -0.2) is 0 Å². The molecule has 7 heteroatoms. The normalized spacial score (nSPS) is 14.3. The highest BCUT2D eigenvalue weighted by molar-refractivity contribution is 5.94. The lowest BCUT2D eigenvalue weighted by atomic mass is 10.1. The van der Waals surface area contributed by atoms with Crippen molar-refractivity contribution in [3.8, 4) is 11.5 Å². The molecule has 1 aliphatic rings. The Hall–Kier alpha value is -3.06. The molecular weight excluding hydrogens is 382 g/mol. The Morgan fingerprint density at radius 3 is 2.37 bits per heavy atom. The molecule has 0 radical (unpaired) electrons. The van der Waals surface area contributed by atoms with Crippen molar-refractivity contribution >= 4 is 11.8 Å². The van der Waals surface area contributed by atoms with Crippen molar-refractivity contribution in [3.05, 3.63) is 59.2 Å². The number of piperazine rings is 1. The van der Waals surface area contributed by atoms with E-state index in [1.54, 1.807) is 13.2 Å². The van der Waals surface area contributed by atoms with Crippen LogP contribution in [0.25, 0.3) is 0 Å². The summed E-state index contributed by atoms with van der Waals surface area (Å²) in [6.45, 7) is 5.52. The molecular formula is C23H29N3O4. The quantitative estimate of drug-likeness (QED) is 0.756. The van der Waals surface area contributed by atoms with Crippen molar-refractivity contribution in [2.45, 2.75) is 13.5 Å².